The van der Waals surface area contributed by atoms with Gasteiger partial charge in [0.1, 0.15) is 11.6 Å². The van der Waals surface area contributed by atoms with E-state index in [1.165, 1.54) is 48.8 Å². The molecule has 1 spiro atoms. The van der Waals surface area contributed by atoms with Crippen molar-refractivity contribution >= 4 is 48.0 Å². The highest BCUT2D eigenvalue weighted by molar-refractivity contribution is 7.93. The van der Waals surface area contributed by atoms with Gasteiger partial charge in [-0.25, -0.2) is 40.6 Å². The van der Waals surface area contributed by atoms with Crippen LogP contribution in [-0.4, -0.2) is 93.6 Å². The van der Waals surface area contributed by atoms with Gasteiger partial charge < -0.3 is 19.9 Å². The van der Waals surface area contributed by atoms with Crippen molar-refractivity contribution in [3.8, 4) is 27.6 Å². The molecule has 2 aromatic heterocycles. The number of nitrogens with zero attached hydrogens (tertiary/aromatic N) is 5. The highest BCUT2D eigenvalue weighted by atomic mass is 32.2. The Balaban J connectivity index is 1.15. The van der Waals surface area contributed by atoms with Crippen molar-refractivity contribution in [2.75, 3.05) is 53.7 Å². The molecule has 3 saturated heterocycles. The summed E-state index contributed by atoms with van der Waals surface area (Å²) in [4.78, 5) is 18.7. The topological polar surface area (TPSA) is 147 Å². The van der Waals surface area contributed by atoms with E-state index in [-0.39, 0.29) is 57.7 Å². The van der Waals surface area contributed by atoms with E-state index >= 15 is 4.39 Å². The number of sulfone groups is 1. The van der Waals surface area contributed by atoms with Crippen LogP contribution in [0.3, 0.4) is 0 Å². The predicted octanol–water partition coefficient (Wildman–Crippen LogP) is 4.63. The second-order valence-corrected chi connectivity index (χ2v) is 18.4. The monoisotopic (exact) mass is 743 g/mol. The first-order chi connectivity index (χ1) is 23.8. The first kappa shape index (κ1) is 33.2. The summed E-state index contributed by atoms with van der Waals surface area (Å²) in [5.74, 6) is -1.33. The summed E-state index contributed by atoms with van der Waals surface area (Å²) in [7, 11) is -4.21. The fourth-order valence-corrected chi connectivity index (χ4v) is 12.8. The standard InChI is InChI=1S/C33H35F2N7O5S3/c1-41-15-20-9-10-21(16-41)42(20)32-39-28(22-5-3-7-24(27(22)35)40-50(45,46)30-23(34)6-4-8-26(30)47-2)29(48-32)25-11-12-36-31(38-25)37-19-13-33(14-19)17-49(43,44)18-33/h3-8,11-12,19-21,40H,9-10,13-18H2,1-2H3,(H,36,37,38). The summed E-state index contributed by atoms with van der Waals surface area (Å²) in [5, 5.41) is 4.05. The van der Waals surface area contributed by atoms with Crippen LogP contribution in [0.25, 0.3) is 21.8 Å². The molecule has 17 heteroatoms. The lowest BCUT2D eigenvalue weighted by molar-refractivity contribution is 0.153. The second-order valence-electron chi connectivity index (χ2n) is 13.8. The fourth-order valence-electron chi connectivity index (χ4n) is 8.05. The van der Waals surface area contributed by atoms with Crippen molar-refractivity contribution < 1.29 is 30.4 Å². The summed E-state index contributed by atoms with van der Waals surface area (Å²) >= 11 is 1.39. The van der Waals surface area contributed by atoms with E-state index in [1.54, 1.807) is 12.3 Å². The molecule has 50 heavy (non-hydrogen) atoms. The molecule has 2 aromatic carbocycles. The van der Waals surface area contributed by atoms with Gasteiger partial charge in [0, 0.05) is 48.4 Å². The number of ether oxygens (including phenoxy) is 1. The number of thiazole rings is 1. The highest BCUT2D eigenvalue weighted by Crippen LogP contribution is 2.51. The minimum Gasteiger partial charge on any atom is -0.495 e. The lowest BCUT2D eigenvalue weighted by Crippen LogP contribution is -2.60. The average molecular weight is 744 g/mol. The molecule has 1 aliphatic carbocycles. The Labute approximate surface area is 292 Å². The number of likely N-dealkylation sites (tertiary alicyclic amines) is 1. The number of anilines is 3. The van der Waals surface area contributed by atoms with E-state index in [2.05, 4.69) is 31.9 Å². The van der Waals surface area contributed by atoms with E-state index in [9.17, 15) is 21.2 Å². The highest BCUT2D eigenvalue weighted by Gasteiger charge is 2.56. The van der Waals surface area contributed by atoms with Gasteiger partial charge in [-0.2, -0.15) is 0 Å². The van der Waals surface area contributed by atoms with Crippen LogP contribution in [0, 0.1) is 17.0 Å². The summed E-state index contributed by atoms with van der Waals surface area (Å²) in [6, 6.07) is 10.2. The van der Waals surface area contributed by atoms with Gasteiger partial charge in [-0.05, 0) is 63.1 Å². The van der Waals surface area contributed by atoms with Gasteiger partial charge in [0.2, 0.25) is 5.95 Å². The van der Waals surface area contributed by atoms with Crippen molar-refractivity contribution in [1.29, 1.82) is 0 Å². The summed E-state index contributed by atoms with van der Waals surface area (Å²) < 4.78 is 88.9. The van der Waals surface area contributed by atoms with Crippen LogP contribution in [0.15, 0.2) is 53.6 Å². The van der Waals surface area contributed by atoms with E-state index in [0.717, 1.165) is 37.1 Å². The van der Waals surface area contributed by atoms with E-state index < -0.39 is 36.4 Å². The molecule has 2 atom stereocenters. The van der Waals surface area contributed by atoms with E-state index in [0.29, 0.717) is 29.4 Å². The molecule has 0 amide bonds. The number of methoxy groups -OCH3 is 1. The van der Waals surface area contributed by atoms with Crippen LogP contribution < -0.4 is 19.7 Å². The molecule has 3 aliphatic heterocycles. The van der Waals surface area contributed by atoms with E-state index in [1.807, 2.05) is 0 Å². The summed E-state index contributed by atoms with van der Waals surface area (Å²) in [5.41, 5.74) is 0.304. The zero-order chi connectivity index (χ0) is 35.0. The van der Waals surface area contributed by atoms with E-state index in [4.69, 9.17) is 14.7 Å². The largest absolute Gasteiger partial charge is 0.495 e. The first-order valence-corrected chi connectivity index (χ1v) is 20.4. The number of aromatic nitrogens is 3. The van der Waals surface area contributed by atoms with Crippen LogP contribution in [0.2, 0.25) is 0 Å². The van der Waals surface area contributed by atoms with Gasteiger partial charge in [0.05, 0.1) is 40.6 Å². The van der Waals surface area contributed by atoms with Gasteiger partial charge in [0.15, 0.2) is 25.7 Å². The SMILES string of the molecule is COc1cccc(F)c1S(=O)(=O)Nc1cccc(-c2nc(N3C4CCC3CN(C)C4)sc2-c2ccnc(NC3CC4(C3)CS(=O)(=O)C4)n2)c1F. The van der Waals surface area contributed by atoms with Crippen LogP contribution in [0.4, 0.5) is 25.5 Å². The molecule has 5 heterocycles. The molecule has 4 fully saturated rings. The molecule has 2 bridgehead atoms. The maximum Gasteiger partial charge on any atom is 0.268 e. The molecule has 12 nitrogen and oxygen atoms in total. The molecule has 0 radical (unpaired) electrons. The Morgan fingerprint density at radius 2 is 1.74 bits per heavy atom. The zero-order valence-electron chi connectivity index (χ0n) is 27.3. The van der Waals surface area contributed by atoms with Crippen molar-refractivity contribution in [2.45, 2.75) is 48.7 Å². The normalized spacial score (nSPS) is 22.6. The number of benzene rings is 2. The van der Waals surface area contributed by atoms with Gasteiger partial charge in [0.25, 0.3) is 10.0 Å². The molecule has 264 valence electrons. The summed E-state index contributed by atoms with van der Waals surface area (Å²) in [6.45, 7) is 1.75. The molecule has 4 aromatic rings. The number of sulfonamides is 1. The average Bonchev–Trinajstić information content (AvgIpc) is 3.58. The molecule has 4 aliphatic rings. The van der Waals surface area contributed by atoms with Crippen LogP contribution in [-0.2, 0) is 19.9 Å². The zero-order valence-corrected chi connectivity index (χ0v) is 29.7. The molecule has 2 unspecified atom stereocenters. The van der Waals surface area contributed by atoms with Crippen molar-refractivity contribution in [1.82, 2.24) is 19.9 Å². The molecule has 2 N–H and O–H groups in total. The number of halogens is 2. The minimum atomic E-state index is -4.60. The fraction of sp³-hybridized carbons (Fsp3) is 0.424. The molecular weight excluding hydrogens is 709 g/mol. The lowest BCUT2D eigenvalue weighted by Gasteiger charge is -2.53. The van der Waals surface area contributed by atoms with Gasteiger partial charge in [-0.15, -0.1) is 0 Å². The maximum absolute atomic E-state index is 16.5. The Kier molecular flexibility index (Phi) is 8.04. The Morgan fingerprint density at radius 1 is 1.02 bits per heavy atom. The third kappa shape index (κ3) is 5.86. The van der Waals surface area contributed by atoms with Gasteiger partial charge in [-0.1, -0.05) is 23.5 Å². The van der Waals surface area contributed by atoms with Crippen molar-refractivity contribution in [3.05, 3.63) is 60.3 Å². The van der Waals surface area contributed by atoms with Crippen molar-refractivity contribution in [2.24, 2.45) is 5.41 Å². The van der Waals surface area contributed by atoms with Gasteiger partial charge in [-0.3, -0.25) is 4.72 Å². The quantitative estimate of drug-likeness (QED) is 0.248. The van der Waals surface area contributed by atoms with Gasteiger partial charge >= 0.3 is 0 Å². The first-order valence-electron chi connectivity index (χ1n) is 16.3. The molecular formula is C33H35F2N7O5S3. The Hall–Kier alpha value is -3.93. The number of hydrogen-bond acceptors (Lipinski definition) is 12. The molecule has 1 saturated carbocycles. The second kappa shape index (κ2) is 12.1. The third-order valence-corrected chi connectivity index (χ3v) is 14.7. The maximum atomic E-state index is 16.5. The minimum absolute atomic E-state index is 0.0356. The van der Waals surface area contributed by atoms with Crippen LogP contribution in [0.5, 0.6) is 5.75 Å². The predicted molar refractivity (Wildman–Crippen MR) is 187 cm³/mol. The number of fused-ring (bicyclic) bond motifs is 2. The van der Waals surface area contributed by atoms with Crippen molar-refractivity contribution in [3.63, 3.8) is 0 Å². The number of likely N-dealkylation sites (N-methyl/N-ethyl adjacent to an activating group) is 1. The number of hydrogen-bond donors (Lipinski definition) is 2. The molecule has 8 rings (SSSR count). The number of piperazine rings is 1. The van der Waals surface area contributed by atoms with Crippen LogP contribution >= 0.6 is 11.3 Å². The number of rotatable bonds is 9. The number of nitrogens with one attached hydrogen (secondary N) is 2. The smallest absolute Gasteiger partial charge is 0.268 e. The third-order valence-electron chi connectivity index (χ3n) is 10.1. The Bertz CT molecular complexity index is 2180. The lowest BCUT2D eigenvalue weighted by atomic mass is 9.67. The Morgan fingerprint density at radius 3 is 2.44 bits per heavy atom. The van der Waals surface area contributed by atoms with Crippen LogP contribution in [0.1, 0.15) is 25.7 Å². The summed E-state index contributed by atoms with van der Waals surface area (Å²) in [6.07, 6.45) is 5.06.